The maximum absolute atomic E-state index is 4.86. The molecule has 5 aromatic rings. The first-order chi connectivity index (χ1) is 14.8. The molecule has 0 saturated heterocycles. The predicted molar refractivity (Wildman–Crippen MR) is 114 cm³/mol. The lowest BCUT2D eigenvalue weighted by molar-refractivity contribution is 0.737. The first-order valence-electron chi connectivity index (χ1n) is 9.85. The number of hydrogen-bond acceptors (Lipinski definition) is 6. The van der Waals surface area contributed by atoms with E-state index in [2.05, 4.69) is 47.6 Å². The van der Waals surface area contributed by atoms with Crippen molar-refractivity contribution in [2.24, 2.45) is 0 Å². The van der Waals surface area contributed by atoms with Crippen LogP contribution in [-0.4, -0.2) is 52.8 Å². The van der Waals surface area contributed by atoms with E-state index >= 15 is 0 Å². The molecule has 0 amide bonds. The molecule has 0 spiro atoms. The zero-order valence-electron chi connectivity index (χ0n) is 16.3. The lowest BCUT2D eigenvalue weighted by atomic mass is 10.0. The monoisotopic (exact) mass is 397 g/mol. The minimum absolute atomic E-state index is 0.693. The van der Waals surface area contributed by atoms with Crippen molar-refractivity contribution in [3.63, 3.8) is 0 Å². The van der Waals surface area contributed by atoms with Gasteiger partial charge in [-0.05, 0) is 31.5 Å². The Morgan fingerprint density at radius 3 is 2.90 bits per heavy atom. The third kappa shape index (κ3) is 2.71. The standard InChI is InChI=1S/C21H19N9/c1-12-10-30(11-25-12)18-9-23-7-17-20(18)27-21(26-17)19-14-6-15(13-2-4-22-5-3-13)24-8-16(14)28-29-19/h2,6-11,22H,3-5H2,1H3,(H,26,27)(H,28,29). The van der Waals surface area contributed by atoms with Crippen LogP contribution in [0.4, 0.5) is 0 Å². The lowest BCUT2D eigenvalue weighted by Crippen LogP contribution is -2.20. The second kappa shape index (κ2) is 6.60. The maximum atomic E-state index is 4.86. The zero-order chi connectivity index (χ0) is 20.1. The number of imidazole rings is 2. The molecule has 0 atom stereocenters. The number of pyridine rings is 2. The van der Waals surface area contributed by atoms with Gasteiger partial charge in [-0.2, -0.15) is 5.10 Å². The second-order valence-corrected chi connectivity index (χ2v) is 7.43. The van der Waals surface area contributed by atoms with Gasteiger partial charge in [0.2, 0.25) is 0 Å². The number of nitrogens with one attached hydrogen (secondary N) is 3. The molecule has 3 N–H and O–H groups in total. The van der Waals surface area contributed by atoms with Gasteiger partial charge in [0, 0.05) is 18.1 Å². The first-order valence-corrected chi connectivity index (χ1v) is 9.85. The Hall–Kier alpha value is -3.85. The third-order valence-corrected chi connectivity index (χ3v) is 5.43. The summed E-state index contributed by atoms with van der Waals surface area (Å²) in [6.07, 6.45) is 12.3. The van der Waals surface area contributed by atoms with E-state index in [1.54, 1.807) is 18.7 Å². The van der Waals surface area contributed by atoms with Crippen molar-refractivity contribution in [1.29, 1.82) is 0 Å². The molecule has 9 heteroatoms. The molecular weight excluding hydrogens is 378 g/mol. The quantitative estimate of drug-likeness (QED) is 0.431. The van der Waals surface area contributed by atoms with Gasteiger partial charge in [0.05, 0.1) is 53.0 Å². The highest BCUT2D eigenvalue weighted by atomic mass is 15.1. The summed E-state index contributed by atoms with van der Waals surface area (Å²) in [5.74, 6) is 0.693. The minimum Gasteiger partial charge on any atom is -0.335 e. The van der Waals surface area contributed by atoms with Crippen LogP contribution in [0.15, 0.2) is 43.3 Å². The number of nitrogens with zero attached hydrogens (tertiary/aromatic N) is 6. The van der Waals surface area contributed by atoms with E-state index in [-0.39, 0.29) is 0 Å². The molecule has 30 heavy (non-hydrogen) atoms. The SMILES string of the molecule is Cc1cn(-c2cncc3[nH]c(-c4n[nH]c5cnc(C6=CCNCC6)cc45)nc23)cn1. The molecule has 5 aromatic heterocycles. The van der Waals surface area contributed by atoms with E-state index < -0.39 is 0 Å². The topological polar surface area (TPSA) is 113 Å². The fourth-order valence-electron chi connectivity index (χ4n) is 3.90. The third-order valence-electron chi connectivity index (χ3n) is 5.43. The van der Waals surface area contributed by atoms with E-state index in [1.807, 2.05) is 23.9 Å². The van der Waals surface area contributed by atoms with Crippen molar-refractivity contribution in [3.8, 4) is 17.2 Å². The number of aromatic nitrogens is 8. The first kappa shape index (κ1) is 17.0. The Labute approximate surface area is 171 Å². The van der Waals surface area contributed by atoms with Gasteiger partial charge in [-0.3, -0.25) is 15.1 Å². The van der Waals surface area contributed by atoms with Crippen LogP contribution < -0.4 is 5.32 Å². The largest absolute Gasteiger partial charge is 0.335 e. The molecule has 1 aliphatic rings. The Morgan fingerprint density at radius 1 is 1.10 bits per heavy atom. The molecule has 0 fully saturated rings. The number of rotatable bonds is 3. The number of aryl methyl sites for hydroxylation is 1. The van der Waals surface area contributed by atoms with E-state index in [1.165, 1.54) is 5.57 Å². The highest BCUT2D eigenvalue weighted by Crippen LogP contribution is 2.30. The van der Waals surface area contributed by atoms with Gasteiger partial charge in [-0.25, -0.2) is 9.97 Å². The summed E-state index contributed by atoms with van der Waals surface area (Å²) in [4.78, 5) is 21.5. The fourth-order valence-corrected chi connectivity index (χ4v) is 3.90. The van der Waals surface area contributed by atoms with Crippen molar-refractivity contribution in [3.05, 3.63) is 54.6 Å². The Bertz CT molecular complexity index is 1420. The van der Waals surface area contributed by atoms with Gasteiger partial charge >= 0.3 is 0 Å². The molecule has 6 rings (SSSR count). The van der Waals surface area contributed by atoms with Crippen LogP contribution in [-0.2, 0) is 0 Å². The van der Waals surface area contributed by atoms with Crippen molar-refractivity contribution < 1.29 is 0 Å². The van der Waals surface area contributed by atoms with Gasteiger partial charge in [-0.15, -0.1) is 0 Å². The fraction of sp³-hybridized carbons (Fsp3) is 0.190. The van der Waals surface area contributed by atoms with Crippen molar-refractivity contribution in [1.82, 2.24) is 45.0 Å². The Kier molecular flexibility index (Phi) is 3.75. The number of hydrogen-bond donors (Lipinski definition) is 3. The summed E-state index contributed by atoms with van der Waals surface area (Å²) in [6.45, 7) is 3.80. The van der Waals surface area contributed by atoms with Crippen molar-refractivity contribution >= 4 is 27.5 Å². The molecule has 0 saturated carbocycles. The smallest absolute Gasteiger partial charge is 0.159 e. The van der Waals surface area contributed by atoms with Gasteiger partial charge in [0.25, 0.3) is 0 Å². The average molecular weight is 397 g/mol. The molecular formula is C21H19N9. The number of aromatic amines is 2. The minimum atomic E-state index is 0.693. The summed E-state index contributed by atoms with van der Waals surface area (Å²) in [6, 6.07) is 2.09. The van der Waals surface area contributed by atoms with E-state index in [0.29, 0.717) is 5.82 Å². The summed E-state index contributed by atoms with van der Waals surface area (Å²) in [7, 11) is 0. The Morgan fingerprint density at radius 2 is 2.07 bits per heavy atom. The van der Waals surface area contributed by atoms with E-state index in [4.69, 9.17) is 4.98 Å². The van der Waals surface area contributed by atoms with Gasteiger partial charge < -0.3 is 14.9 Å². The molecule has 6 heterocycles. The van der Waals surface area contributed by atoms with Gasteiger partial charge in [0.15, 0.2) is 5.82 Å². The average Bonchev–Trinajstić information content (AvgIpc) is 3.51. The van der Waals surface area contributed by atoms with Gasteiger partial charge in [0.1, 0.15) is 11.2 Å². The molecule has 9 nitrogen and oxygen atoms in total. The summed E-state index contributed by atoms with van der Waals surface area (Å²) >= 11 is 0. The number of H-pyrrole nitrogens is 2. The van der Waals surface area contributed by atoms with Crippen molar-refractivity contribution in [2.45, 2.75) is 13.3 Å². The van der Waals surface area contributed by atoms with E-state index in [9.17, 15) is 0 Å². The molecule has 0 unspecified atom stereocenters. The van der Waals surface area contributed by atoms with Crippen LogP contribution in [0, 0.1) is 6.92 Å². The van der Waals surface area contributed by atoms with Crippen LogP contribution >= 0.6 is 0 Å². The highest BCUT2D eigenvalue weighted by molar-refractivity contribution is 5.95. The van der Waals surface area contributed by atoms with Gasteiger partial charge in [-0.1, -0.05) is 6.08 Å². The van der Waals surface area contributed by atoms with Crippen LogP contribution in [0.3, 0.4) is 0 Å². The summed E-state index contributed by atoms with van der Waals surface area (Å²) in [5.41, 5.74) is 7.38. The molecule has 0 aromatic carbocycles. The normalized spacial score (nSPS) is 14.5. The second-order valence-electron chi connectivity index (χ2n) is 7.43. The molecule has 0 bridgehead atoms. The summed E-state index contributed by atoms with van der Waals surface area (Å²) in [5, 5.41) is 11.9. The summed E-state index contributed by atoms with van der Waals surface area (Å²) < 4.78 is 1.93. The van der Waals surface area contributed by atoms with Crippen LogP contribution in [0.2, 0.25) is 0 Å². The maximum Gasteiger partial charge on any atom is 0.159 e. The molecule has 0 radical (unpaired) electrons. The zero-order valence-corrected chi connectivity index (χ0v) is 16.3. The molecule has 148 valence electrons. The van der Waals surface area contributed by atoms with Crippen LogP contribution in [0.1, 0.15) is 17.8 Å². The van der Waals surface area contributed by atoms with Crippen LogP contribution in [0.25, 0.3) is 44.7 Å². The molecule has 0 aliphatic carbocycles. The molecule has 1 aliphatic heterocycles. The lowest BCUT2D eigenvalue weighted by Gasteiger charge is -2.13. The van der Waals surface area contributed by atoms with E-state index in [0.717, 1.165) is 64.2 Å². The Balaban J connectivity index is 1.49. The predicted octanol–water partition coefficient (Wildman–Crippen LogP) is 2.77. The van der Waals surface area contributed by atoms with Crippen molar-refractivity contribution in [2.75, 3.05) is 13.1 Å². The van der Waals surface area contributed by atoms with Crippen LogP contribution in [0.5, 0.6) is 0 Å². The highest BCUT2D eigenvalue weighted by Gasteiger charge is 2.17. The number of fused-ring (bicyclic) bond motifs is 2.